The van der Waals surface area contributed by atoms with Crippen LogP contribution in [0.5, 0.6) is 0 Å². The first-order valence-corrected chi connectivity index (χ1v) is 11.9. The van der Waals surface area contributed by atoms with Gasteiger partial charge in [-0.15, -0.1) is 0 Å². The first kappa shape index (κ1) is 22.4. The number of nitrogens with one attached hydrogen (secondary N) is 1. The normalized spacial score (nSPS) is 17.4. The highest BCUT2D eigenvalue weighted by Gasteiger charge is 2.37. The van der Waals surface area contributed by atoms with Crippen molar-refractivity contribution in [3.63, 3.8) is 0 Å². The van der Waals surface area contributed by atoms with Crippen LogP contribution in [-0.4, -0.2) is 46.5 Å². The van der Waals surface area contributed by atoms with Gasteiger partial charge in [-0.3, -0.25) is 4.79 Å². The molecule has 2 aromatic heterocycles. The third-order valence-corrected chi connectivity index (χ3v) is 7.41. The van der Waals surface area contributed by atoms with Crippen molar-refractivity contribution in [2.75, 3.05) is 6.54 Å². The Hall–Kier alpha value is -2.76. The highest BCUT2D eigenvalue weighted by Crippen LogP contribution is 2.28. The lowest BCUT2D eigenvalue weighted by Crippen LogP contribution is -2.48. The van der Waals surface area contributed by atoms with Crippen molar-refractivity contribution < 1.29 is 22.3 Å². The fourth-order valence-electron chi connectivity index (χ4n) is 3.65. The lowest BCUT2D eigenvalue weighted by Gasteiger charge is -2.28. The summed E-state index contributed by atoms with van der Waals surface area (Å²) in [6, 6.07) is 4.89. The number of sulfonamides is 1. The van der Waals surface area contributed by atoms with Crippen LogP contribution in [0.15, 0.2) is 38.2 Å². The van der Waals surface area contributed by atoms with Gasteiger partial charge in [0.2, 0.25) is 15.9 Å². The Labute approximate surface area is 190 Å². The summed E-state index contributed by atoms with van der Waals surface area (Å²) in [6.07, 6.45) is 1.86. The van der Waals surface area contributed by atoms with Crippen LogP contribution in [-0.2, 0) is 21.4 Å². The third kappa shape index (κ3) is 4.41. The Morgan fingerprint density at radius 3 is 2.59 bits per heavy atom. The van der Waals surface area contributed by atoms with E-state index in [-0.39, 0.29) is 29.1 Å². The molecule has 1 N–H and O–H groups in total. The van der Waals surface area contributed by atoms with Crippen molar-refractivity contribution in [3.8, 4) is 11.5 Å². The maximum atomic E-state index is 13.5. The number of rotatable bonds is 6. The Balaban J connectivity index is 1.71. The van der Waals surface area contributed by atoms with Crippen molar-refractivity contribution in [3.05, 3.63) is 46.6 Å². The summed E-state index contributed by atoms with van der Waals surface area (Å²) < 4.78 is 38.7. The Bertz CT molecular complexity index is 1200. The monoisotopic (exact) mass is 479 g/mol. The van der Waals surface area contributed by atoms with Crippen LogP contribution in [0.1, 0.15) is 36.5 Å². The second-order valence-corrected chi connectivity index (χ2v) is 9.85. The summed E-state index contributed by atoms with van der Waals surface area (Å²) in [6.45, 7) is 3.72. The molecule has 0 bridgehead atoms. The average molecular weight is 480 g/mol. The zero-order chi connectivity index (χ0) is 22.9. The van der Waals surface area contributed by atoms with Crippen LogP contribution in [0.25, 0.3) is 11.5 Å². The molecule has 3 heterocycles. The summed E-state index contributed by atoms with van der Waals surface area (Å²) in [5.41, 5.74) is 1.13. The van der Waals surface area contributed by atoms with E-state index in [2.05, 4.69) is 20.6 Å². The number of aryl methyl sites for hydroxylation is 2. The number of carbonyl (C=O) groups is 1. The summed E-state index contributed by atoms with van der Waals surface area (Å²) in [5, 5.41) is 11.0. The standard InChI is InChI=1S/C20H22ClN5O5S/c1-12-18(13(2)30-24-12)20-23-17(25-31-20)11-26(16-5-3-4-10-22-19(16)27)32(28,29)15-8-6-14(21)7-9-15/h6-9,16H,3-5,10-11H2,1-2H3,(H,22,27). The van der Waals surface area contributed by atoms with E-state index in [9.17, 15) is 13.2 Å². The summed E-state index contributed by atoms with van der Waals surface area (Å²) in [5.74, 6) is 0.445. The Morgan fingerprint density at radius 2 is 1.91 bits per heavy atom. The van der Waals surface area contributed by atoms with Gasteiger partial charge >= 0.3 is 0 Å². The first-order valence-electron chi connectivity index (χ1n) is 10.1. The second-order valence-electron chi connectivity index (χ2n) is 7.52. The molecule has 1 saturated heterocycles. The summed E-state index contributed by atoms with van der Waals surface area (Å²) in [4.78, 5) is 17.1. The van der Waals surface area contributed by atoms with Crippen molar-refractivity contribution in [2.24, 2.45) is 0 Å². The number of benzene rings is 1. The van der Waals surface area contributed by atoms with E-state index in [0.29, 0.717) is 41.4 Å². The molecule has 12 heteroatoms. The molecule has 3 aromatic rings. The van der Waals surface area contributed by atoms with E-state index >= 15 is 0 Å². The lowest BCUT2D eigenvalue weighted by molar-refractivity contribution is -0.124. The number of carbonyl (C=O) groups excluding carboxylic acids is 1. The van der Waals surface area contributed by atoms with Gasteiger partial charge in [0.15, 0.2) is 5.82 Å². The van der Waals surface area contributed by atoms with E-state index < -0.39 is 16.1 Å². The molecule has 170 valence electrons. The fourth-order valence-corrected chi connectivity index (χ4v) is 5.35. The van der Waals surface area contributed by atoms with Gasteiger partial charge in [-0.1, -0.05) is 21.9 Å². The minimum Gasteiger partial charge on any atom is -0.361 e. The molecule has 1 fully saturated rings. The number of hydrogen-bond acceptors (Lipinski definition) is 8. The highest BCUT2D eigenvalue weighted by atomic mass is 35.5. The summed E-state index contributed by atoms with van der Waals surface area (Å²) >= 11 is 5.92. The topological polar surface area (TPSA) is 131 Å². The predicted octanol–water partition coefficient (Wildman–Crippen LogP) is 2.85. The van der Waals surface area contributed by atoms with E-state index in [0.717, 1.165) is 10.7 Å². The molecular formula is C20H22ClN5O5S. The van der Waals surface area contributed by atoms with Crippen molar-refractivity contribution in [2.45, 2.75) is 50.6 Å². The van der Waals surface area contributed by atoms with Crippen LogP contribution < -0.4 is 5.32 Å². The molecule has 10 nitrogen and oxygen atoms in total. The van der Waals surface area contributed by atoms with Crippen LogP contribution in [0.4, 0.5) is 0 Å². The molecule has 4 rings (SSSR count). The number of amides is 1. The molecule has 1 unspecified atom stereocenters. The average Bonchev–Trinajstić information content (AvgIpc) is 3.27. The predicted molar refractivity (Wildman–Crippen MR) is 114 cm³/mol. The van der Waals surface area contributed by atoms with E-state index in [4.69, 9.17) is 20.6 Å². The van der Waals surface area contributed by atoms with E-state index in [1.807, 2.05) is 0 Å². The van der Waals surface area contributed by atoms with Crippen molar-refractivity contribution >= 4 is 27.5 Å². The lowest BCUT2D eigenvalue weighted by atomic mass is 10.1. The van der Waals surface area contributed by atoms with Gasteiger partial charge in [0, 0.05) is 11.6 Å². The zero-order valence-corrected chi connectivity index (χ0v) is 19.1. The number of hydrogen-bond donors (Lipinski definition) is 1. The van der Waals surface area contributed by atoms with Crippen LogP contribution in [0, 0.1) is 13.8 Å². The Kier molecular flexibility index (Phi) is 6.31. The number of halogens is 1. The molecular weight excluding hydrogens is 458 g/mol. The van der Waals surface area contributed by atoms with Gasteiger partial charge < -0.3 is 14.4 Å². The first-order chi connectivity index (χ1) is 15.3. The van der Waals surface area contributed by atoms with Gasteiger partial charge in [0.1, 0.15) is 17.4 Å². The Morgan fingerprint density at radius 1 is 1.16 bits per heavy atom. The summed E-state index contributed by atoms with van der Waals surface area (Å²) in [7, 11) is -4.06. The van der Waals surface area contributed by atoms with Crippen molar-refractivity contribution in [1.29, 1.82) is 0 Å². The van der Waals surface area contributed by atoms with Gasteiger partial charge in [-0.25, -0.2) is 8.42 Å². The third-order valence-electron chi connectivity index (χ3n) is 5.29. The maximum absolute atomic E-state index is 13.5. The SMILES string of the molecule is Cc1noc(C)c1-c1nc(CN(C2CCCCNC2=O)S(=O)(=O)c2ccc(Cl)cc2)no1. The van der Waals surface area contributed by atoms with Crippen LogP contribution in [0.3, 0.4) is 0 Å². The minimum atomic E-state index is -4.06. The fraction of sp³-hybridized carbons (Fsp3) is 0.400. The van der Waals surface area contributed by atoms with E-state index in [1.54, 1.807) is 13.8 Å². The highest BCUT2D eigenvalue weighted by molar-refractivity contribution is 7.89. The number of nitrogens with zero attached hydrogens (tertiary/aromatic N) is 4. The largest absolute Gasteiger partial charge is 0.361 e. The molecule has 0 saturated carbocycles. The molecule has 0 aliphatic carbocycles. The second kappa shape index (κ2) is 9.00. The molecule has 1 aliphatic rings. The smallest absolute Gasteiger partial charge is 0.263 e. The number of aromatic nitrogens is 3. The quantitative estimate of drug-likeness (QED) is 0.570. The molecule has 32 heavy (non-hydrogen) atoms. The molecule has 1 aromatic carbocycles. The van der Waals surface area contributed by atoms with Crippen LogP contribution in [0.2, 0.25) is 5.02 Å². The van der Waals surface area contributed by atoms with E-state index in [1.165, 1.54) is 24.3 Å². The van der Waals surface area contributed by atoms with Gasteiger partial charge in [0.25, 0.3) is 5.89 Å². The van der Waals surface area contributed by atoms with Gasteiger partial charge in [-0.2, -0.15) is 9.29 Å². The molecule has 1 atom stereocenters. The van der Waals surface area contributed by atoms with Gasteiger partial charge in [-0.05, 0) is 57.4 Å². The van der Waals surface area contributed by atoms with Crippen molar-refractivity contribution in [1.82, 2.24) is 24.9 Å². The van der Waals surface area contributed by atoms with Crippen LogP contribution >= 0.6 is 11.6 Å². The molecule has 0 radical (unpaired) electrons. The maximum Gasteiger partial charge on any atom is 0.263 e. The zero-order valence-electron chi connectivity index (χ0n) is 17.5. The van der Waals surface area contributed by atoms with Gasteiger partial charge in [0.05, 0.1) is 17.1 Å². The molecule has 1 aliphatic heterocycles. The minimum absolute atomic E-state index is 0.0217. The molecule has 0 spiro atoms. The molecule has 1 amide bonds.